The molecule has 0 unspecified atom stereocenters. The molecular weight excluding hydrogens is 424 g/mol. The summed E-state index contributed by atoms with van der Waals surface area (Å²) in [6.45, 7) is 12.9. The summed E-state index contributed by atoms with van der Waals surface area (Å²) in [5, 5.41) is 0. The number of ether oxygens (including phenoxy) is 2. The topological polar surface area (TPSA) is 52.6 Å². The van der Waals surface area contributed by atoms with Crippen molar-refractivity contribution < 1.29 is 19.1 Å². The SMILES string of the molecule is CCOc1ccc(C(=O)COC(=O)/C=C(C)/C=C/C=C(C)/C=C/C2=C(C)CCCC2(C)C)cc1. The second-order valence-electron chi connectivity index (χ2n) is 9.41. The molecule has 1 aromatic rings. The highest BCUT2D eigenvalue weighted by molar-refractivity contribution is 5.98. The molecule has 0 aliphatic heterocycles. The molecule has 4 heteroatoms. The molecule has 182 valence electrons. The largest absolute Gasteiger partial charge is 0.494 e. The number of carbonyl (C=O) groups excluding carboxylic acids is 2. The van der Waals surface area contributed by atoms with Gasteiger partial charge in [-0.1, -0.05) is 55.4 Å². The summed E-state index contributed by atoms with van der Waals surface area (Å²) in [4.78, 5) is 24.3. The van der Waals surface area contributed by atoms with Gasteiger partial charge in [0.2, 0.25) is 0 Å². The van der Waals surface area contributed by atoms with Crippen LogP contribution in [0.5, 0.6) is 5.75 Å². The van der Waals surface area contributed by atoms with Crippen LogP contribution in [0.15, 0.2) is 83.0 Å². The number of Topliss-reactive ketones (excluding diaryl/α,β-unsaturated/α-hetero) is 1. The van der Waals surface area contributed by atoms with E-state index in [4.69, 9.17) is 9.47 Å². The molecule has 34 heavy (non-hydrogen) atoms. The third-order valence-corrected chi connectivity index (χ3v) is 5.95. The molecule has 0 aromatic heterocycles. The van der Waals surface area contributed by atoms with Crippen LogP contribution >= 0.6 is 0 Å². The van der Waals surface area contributed by atoms with E-state index in [0.29, 0.717) is 17.9 Å². The summed E-state index contributed by atoms with van der Waals surface area (Å²) >= 11 is 0. The molecular formula is C30H38O4. The minimum absolute atomic E-state index is 0.225. The maximum absolute atomic E-state index is 12.2. The van der Waals surface area contributed by atoms with Gasteiger partial charge < -0.3 is 9.47 Å². The molecule has 1 aliphatic rings. The predicted octanol–water partition coefficient (Wildman–Crippen LogP) is 7.34. The second-order valence-corrected chi connectivity index (χ2v) is 9.41. The van der Waals surface area contributed by atoms with Gasteiger partial charge in [0.05, 0.1) is 6.61 Å². The molecule has 0 bridgehead atoms. The highest BCUT2D eigenvalue weighted by atomic mass is 16.5. The standard InChI is InChI=1S/C30H38O4/c1-7-33-26-16-14-25(15-17-26)28(31)21-34-29(32)20-23(3)11-8-10-22(2)13-18-27-24(4)12-9-19-30(27,5)6/h8,10-11,13-18,20H,7,9,12,19,21H2,1-6H3/b11-8+,18-13+,22-10+,23-20+. The number of hydrogen-bond acceptors (Lipinski definition) is 4. The first kappa shape index (κ1) is 27.1. The van der Waals surface area contributed by atoms with Crippen LogP contribution < -0.4 is 4.74 Å². The van der Waals surface area contributed by atoms with Crippen molar-refractivity contribution in [2.75, 3.05) is 13.2 Å². The lowest BCUT2D eigenvalue weighted by atomic mass is 9.72. The van der Waals surface area contributed by atoms with Crippen molar-refractivity contribution >= 4 is 11.8 Å². The van der Waals surface area contributed by atoms with Gasteiger partial charge in [0.15, 0.2) is 12.4 Å². The summed E-state index contributed by atoms with van der Waals surface area (Å²) in [6, 6.07) is 6.79. The number of benzene rings is 1. The lowest BCUT2D eigenvalue weighted by Crippen LogP contribution is -2.19. The molecule has 0 saturated carbocycles. The predicted molar refractivity (Wildman–Crippen MR) is 139 cm³/mol. The number of rotatable bonds is 10. The monoisotopic (exact) mass is 462 g/mol. The van der Waals surface area contributed by atoms with Crippen LogP contribution in [0.4, 0.5) is 0 Å². The highest BCUT2D eigenvalue weighted by Crippen LogP contribution is 2.40. The zero-order valence-corrected chi connectivity index (χ0v) is 21.4. The van der Waals surface area contributed by atoms with E-state index in [-0.39, 0.29) is 17.8 Å². The maximum Gasteiger partial charge on any atom is 0.331 e. The molecule has 0 amide bonds. The zero-order chi connectivity index (χ0) is 25.1. The Labute approximate surface area is 204 Å². The van der Waals surface area contributed by atoms with Crippen molar-refractivity contribution in [3.05, 3.63) is 88.6 Å². The van der Waals surface area contributed by atoms with Crippen molar-refractivity contribution in [2.45, 2.75) is 60.8 Å². The quantitative estimate of drug-likeness (QED) is 0.158. The first-order valence-corrected chi connectivity index (χ1v) is 12.0. The lowest BCUT2D eigenvalue weighted by molar-refractivity contribution is -0.136. The first-order chi connectivity index (χ1) is 16.1. The number of esters is 1. The second kappa shape index (κ2) is 12.9. The van der Waals surface area contributed by atoms with Gasteiger partial charge in [-0.15, -0.1) is 0 Å². The van der Waals surface area contributed by atoms with Crippen LogP contribution in [-0.2, 0) is 9.53 Å². The van der Waals surface area contributed by atoms with Crippen molar-refractivity contribution in [3.63, 3.8) is 0 Å². The smallest absolute Gasteiger partial charge is 0.331 e. The van der Waals surface area contributed by atoms with E-state index in [9.17, 15) is 9.59 Å². The Bertz CT molecular complexity index is 1010. The van der Waals surface area contributed by atoms with Gasteiger partial charge in [0, 0.05) is 11.6 Å². The van der Waals surface area contributed by atoms with Crippen LogP contribution in [0.2, 0.25) is 0 Å². The Hall–Kier alpha value is -3.14. The number of carbonyl (C=O) groups is 2. The molecule has 0 fully saturated rings. The van der Waals surface area contributed by atoms with Gasteiger partial charge in [-0.05, 0) is 87.8 Å². The lowest BCUT2D eigenvalue weighted by Gasteiger charge is -2.32. The highest BCUT2D eigenvalue weighted by Gasteiger charge is 2.26. The van der Waals surface area contributed by atoms with E-state index in [1.54, 1.807) is 24.3 Å². The zero-order valence-electron chi connectivity index (χ0n) is 21.4. The summed E-state index contributed by atoms with van der Waals surface area (Å²) in [5.74, 6) is -0.0926. The Kier molecular flexibility index (Phi) is 10.3. The van der Waals surface area contributed by atoms with Gasteiger partial charge in [0.1, 0.15) is 5.75 Å². The molecule has 4 nitrogen and oxygen atoms in total. The van der Waals surface area contributed by atoms with E-state index in [1.165, 1.54) is 36.5 Å². The van der Waals surface area contributed by atoms with E-state index >= 15 is 0 Å². The molecule has 0 radical (unpaired) electrons. The van der Waals surface area contributed by atoms with Crippen molar-refractivity contribution in [3.8, 4) is 5.75 Å². The first-order valence-electron chi connectivity index (χ1n) is 12.0. The fraction of sp³-hybridized carbons (Fsp3) is 0.400. The molecule has 0 spiro atoms. The third kappa shape index (κ3) is 8.66. The van der Waals surface area contributed by atoms with Crippen LogP contribution in [0.3, 0.4) is 0 Å². The Balaban J connectivity index is 1.87. The fourth-order valence-corrected chi connectivity index (χ4v) is 4.03. The molecule has 0 atom stereocenters. The molecule has 0 heterocycles. The normalized spacial score (nSPS) is 16.9. The van der Waals surface area contributed by atoms with Crippen molar-refractivity contribution in [2.24, 2.45) is 5.41 Å². The van der Waals surface area contributed by atoms with Gasteiger partial charge in [-0.3, -0.25) is 4.79 Å². The third-order valence-electron chi connectivity index (χ3n) is 5.95. The van der Waals surface area contributed by atoms with Gasteiger partial charge in [-0.25, -0.2) is 4.79 Å². The Morgan fingerprint density at radius 1 is 1.06 bits per heavy atom. The van der Waals surface area contributed by atoms with Crippen molar-refractivity contribution in [1.29, 1.82) is 0 Å². The fourth-order valence-electron chi connectivity index (χ4n) is 4.03. The number of hydrogen-bond donors (Lipinski definition) is 0. The van der Waals surface area contributed by atoms with Crippen molar-refractivity contribution in [1.82, 2.24) is 0 Å². The van der Waals surface area contributed by atoms with Crippen LogP contribution in [0.25, 0.3) is 0 Å². The molecule has 1 aliphatic carbocycles. The van der Waals surface area contributed by atoms with E-state index in [2.05, 4.69) is 39.8 Å². The molecule has 1 aromatic carbocycles. The molecule has 2 rings (SSSR count). The van der Waals surface area contributed by atoms with Crippen LogP contribution in [0, 0.1) is 5.41 Å². The number of allylic oxidation sites excluding steroid dienone is 9. The van der Waals surface area contributed by atoms with E-state index < -0.39 is 5.97 Å². The Morgan fingerprint density at radius 3 is 2.41 bits per heavy atom. The van der Waals surface area contributed by atoms with Crippen LogP contribution in [0.1, 0.15) is 71.2 Å². The Morgan fingerprint density at radius 2 is 1.76 bits per heavy atom. The summed E-state index contributed by atoms with van der Waals surface area (Å²) in [5.41, 5.74) is 5.51. The maximum atomic E-state index is 12.2. The molecule has 0 N–H and O–H groups in total. The van der Waals surface area contributed by atoms with Gasteiger partial charge >= 0.3 is 5.97 Å². The summed E-state index contributed by atoms with van der Waals surface area (Å²) in [6.07, 6.45) is 15.2. The summed E-state index contributed by atoms with van der Waals surface area (Å²) < 4.78 is 10.5. The average molecular weight is 463 g/mol. The summed E-state index contributed by atoms with van der Waals surface area (Å²) in [7, 11) is 0. The number of ketones is 1. The molecule has 0 saturated heterocycles. The van der Waals surface area contributed by atoms with Gasteiger partial charge in [0.25, 0.3) is 0 Å². The van der Waals surface area contributed by atoms with Gasteiger partial charge in [-0.2, -0.15) is 0 Å². The van der Waals surface area contributed by atoms with Crippen LogP contribution in [-0.4, -0.2) is 25.0 Å². The van der Waals surface area contributed by atoms with E-state index in [1.807, 2.05) is 32.1 Å². The van der Waals surface area contributed by atoms with E-state index in [0.717, 1.165) is 11.1 Å². The minimum Gasteiger partial charge on any atom is -0.494 e. The minimum atomic E-state index is -0.538. The average Bonchev–Trinajstić information content (AvgIpc) is 2.77.